The summed E-state index contributed by atoms with van der Waals surface area (Å²) in [6.45, 7) is 0.528. The average Bonchev–Trinajstić information content (AvgIpc) is 2.92. The summed E-state index contributed by atoms with van der Waals surface area (Å²) in [7, 11) is 1.91. The molecule has 3 aromatic rings. The minimum absolute atomic E-state index is 0.0302. The molecule has 2 aromatic carbocycles. The smallest absolute Gasteiger partial charge is 0.134 e. The molecule has 0 radical (unpaired) electrons. The van der Waals surface area contributed by atoms with Crippen molar-refractivity contribution in [2.45, 2.75) is 6.04 Å². The molecule has 1 unspecified atom stereocenters. The van der Waals surface area contributed by atoms with Gasteiger partial charge in [0, 0.05) is 5.39 Å². The zero-order valence-electron chi connectivity index (χ0n) is 11.4. The normalized spacial score (nSPS) is 12.4. The van der Waals surface area contributed by atoms with Crippen molar-refractivity contribution in [1.29, 1.82) is 0 Å². The molecule has 0 spiro atoms. The first-order valence-corrected chi connectivity index (χ1v) is 6.70. The van der Waals surface area contributed by atoms with Crippen LogP contribution in [0.2, 0.25) is 0 Å². The lowest BCUT2D eigenvalue weighted by Gasteiger charge is -2.14. The fourth-order valence-corrected chi connectivity index (χ4v) is 2.18. The molecule has 0 saturated heterocycles. The minimum atomic E-state index is 0.0302. The molecule has 0 amide bonds. The molecule has 1 aromatic heterocycles. The largest absolute Gasteiger partial charge is 0.491 e. The number of likely N-dealkylation sites (N-methyl/N-ethyl adjacent to an activating group) is 1. The van der Waals surface area contributed by atoms with E-state index in [2.05, 4.69) is 11.4 Å². The zero-order chi connectivity index (χ0) is 13.8. The van der Waals surface area contributed by atoms with Crippen LogP contribution in [0.1, 0.15) is 11.8 Å². The molecular formula is C17H17NO2. The van der Waals surface area contributed by atoms with Crippen molar-refractivity contribution in [3.8, 4) is 5.75 Å². The van der Waals surface area contributed by atoms with Crippen molar-refractivity contribution in [2.24, 2.45) is 0 Å². The second kappa shape index (κ2) is 5.80. The maximum Gasteiger partial charge on any atom is 0.134 e. The van der Waals surface area contributed by atoms with Crippen LogP contribution in [0.5, 0.6) is 5.75 Å². The first-order chi connectivity index (χ1) is 9.86. The summed E-state index contributed by atoms with van der Waals surface area (Å²) >= 11 is 0. The van der Waals surface area contributed by atoms with Crippen LogP contribution in [0.25, 0.3) is 11.0 Å². The van der Waals surface area contributed by atoms with Gasteiger partial charge in [-0.15, -0.1) is 0 Å². The fourth-order valence-electron chi connectivity index (χ4n) is 2.18. The molecule has 0 bridgehead atoms. The van der Waals surface area contributed by atoms with E-state index < -0.39 is 0 Å². The van der Waals surface area contributed by atoms with Gasteiger partial charge in [-0.2, -0.15) is 0 Å². The quantitative estimate of drug-likeness (QED) is 0.764. The molecule has 1 N–H and O–H groups in total. The Morgan fingerprint density at radius 1 is 1.05 bits per heavy atom. The number of furan rings is 1. The molecule has 1 heterocycles. The monoisotopic (exact) mass is 267 g/mol. The van der Waals surface area contributed by atoms with Gasteiger partial charge in [0.25, 0.3) is 0 Å². The number of ether oxygens (including phenoxy) is 1. The third-order valence-electron chi connectivity index (χ3n) is 3.30. The van der Waals surface area contributed by atoms with Crippen LogP contribution in [-0.4, -0.2) is 13.7 Å². The molecule has 3 nitrogen and oxygen atoms in total. The van der Waals surface area contributed by atoms with Crippen LogP contribution < -0.4 is 10.1 Å². The van der Waals surface area contributed by atoms with Crippen LogP contribution in [0, 0.1) is 0 Å². The summed E-state index contributed by atoms with van der Waals surface area (Å²) in [5.41, 5.74) is 0.905. The Morgan fingerprint density at radius 2 is 1.80 bits per heavy atom. The van der Waals surface area contributed by atoms with Gasteiger partial charge in [-0.3, -0.25) is 0 Å². The summed E-state index contributed by atoms with van der Waals surface area (Å²) in [6.07, 6.45) is 0. The van der Waals surface area contributed by atoms with Gasteiger partial charge in [-0.25, -0.2) is 0 Å². The standard InChI is InChI=1S/C17H17NO2/c1-18-15(12-19-14-8-3-2-4-9-14)17-11-13-7-5-6-10-16(13)20-17/h2-11,15,18H,12H2,1H3. The van der Waals surface area contributed by atoms with Crippen molar-refractivity contribution in [3.63, 3.8) is 0 Å². The van der Waals surface area contributed by atoms with Crippen molar-refractivity contribution in [2.75, 3.05) is 13.7 Å². The van der Waals surface area contributed by atoms with E-state index in [4.69, 9.17) is 9.15 Å². The molecule has 0 aliphatic carbocycles. The van der Waals surface area contributed by atoms with Gasteiger partial charge in [-0.05, 0) is 31.3 Å². The summed E-state index contributed by atoms with van der Waals surface area (Å²) in [4.78, 5) is 0. The van der Waals surface area contributed by atoms with Gasteiger partial charge in [0.15, 0.2) is 0 Å². The topological polar surface area (TPSA) is 34.4 Å². The Kier molecular flexibility index (Phi) is 3.70. The van der Waals surface area contributed by atoms with Crippen molar-refractivity contribution in [3.05, 3.63) is 66.4 Å². The predicted octanol–water partition coefficient (Wildman–Crippen LogP) is 3.77. The van der Waals surface area contributed by atoms with E-state index >= 15 is 0 Å². The Bertz CT molecular complexity index is 643. The number of benzene rings is 2. The van der Waals surface area contributed by atoms with Gasteiger partial charge in [0.1, 0.15) is 23.7 Å². The number of rotatable bonds is 5. The molecule has 0 fully saturated rings. The van der Waals surface area contributed by atoms with Crippen LogP contribution in [0.4, 0.5) is 0 Å². The van der Waals surface area contributed by atoms with E-state index in [1.54, 1.807) is 0 Å². The molecule has 102 valence electrons. The third kappa shape index (κ3) is 2.68. The zero-order valence-corrected chi connectivity index (χ0v) is 11.4. The van der Waals surface area contributed by atoms with E-state index in [0.717, 1.165) is 22.5 Å². The predicted molar refractivity (Wildman–Crippen MR) is 80.0 cm³/mol. The molecule has 3 rings (SSSR count). The van der Waals surface area contributed by atoms with Gasteiger partial charge in [-0.1, -0.05) is 36.4 Å². The van der Waals surface area contributed by atoms with Crippen LogP contribution in [0.15, 0.2) is 65.1 Å². The SMILES string of the molecule is CNC(COc1ccccc1)c1cc2ccccc2o1. The van der Waals surface area contributed by atoms with E-state index in [9.17, 15) is 0 Å². The second-order valence-corrected chi connectivity index (χ2v) is 4.65. The first-order valence-electron chi connectivity index (χ1n) is 6.70. The first kappa shape index (κ1) is 12.8. The minimum Gasteiger partial charge on any atom is -0.491 e. The van der Waals surface area contributed by atoms with Crippen molar-refractivity contribution < 1.29 is 9.15 Å². The Morgan fingerprint density at radius 3 is 2.55 bits per heavy atom. The maximum absolute atomic E-state index is 5.87. The second-order valence-electron chi connectivity index (χ2n) is 4.65. The van der Waals surface area contributed by atoms with E-state index in [1.807, 2.05) is 61.6 Å². The number of para-hydroxylation sites is 2. The molecule has 3 heteroatoms. The highest BCUT2D eigenvalue weighted by molar-refractivity contribution is 5.77. The Labute approximate surface area is 118 Å². The lowest BCUT2D eigenvalue weighted by atomic mass is 10.2. The van der Waals surface area contributed by atoms with Gasteiger partial charge in [0.05, 0.1) is 6.04 Å². The molecule has 20 heavy (non-hydrogen) atoms. The van der Waals surface area contributed by atoms with Crippen LogP contribution >= 0.6 is 0 Å². The molecular weight excluding hydrogens is 250 g/mol. The number of hydrogen-bond acceptors (Lipinski definition) is 3. The third-order valence-corrected chi connectivity index (χ3v) is 3.30. The van der Waals surface area contributed by atoms with E-state index in [1.165, 1.54) is 0 Å². The van der Waals surface area contributed by atoms with Gasteiger partial charge >= 0.3 is 0 Å². The number of hydrogen-bond donors (Lipinski definition) is 1. The highest BCUT2D eigenvalue weighted by atomic mass is 16.5. The highest BCUT2D eigenvalue weighted by Gasteiger charge is 2.15. The number of nitrogens with one attached hydrogen (secondary N) is 1. The van der Waals surface area contributed by atoms with Crippen LogP contribution in [0.3, 0.4) is 0 Å². The average molecular weight is 267 g/mol. The molecule has 0 aliphatic rings. The molecule has 0 saturated carbocycles. The van der Waals surface area contributed by atoms with E-state index in [0.29, 0.717) is 6.61 Å². The van der Waals surface area contributed by atoms with Gasteiger partial charge in [0.2, 0.25) is 0 Å². The summed E-state index contributed by atoms with van der Waals surface area (Å²) in [5, 5.41) is 4.34. The summed E-state index contributed by atoms with van der Waals surface area (Å²) in [6, 6.07) is 19.9. The van der Waals surface area contributed by atoms with E-state index in [-0.39, 0.29) is 6.04 Å². The number of fused-ring (bicyclic) bond motifs is 1. The molecule has 0 aliphatic heterocycles. The maximum atomic E-state index is 5.87. The fraction of sp³-hybridized carbons (Fsp3) is 0.176. The molecule has 1 atom stereocenters. The summed E-state index contributed by atoms with van der Waals surface area (Å²) in [5.74, 6) is 1.76. The van der Waals surface area contributed by atoms with Crippen molar-refractivity contribution in [1.82, 2.24) is 5.32 Å². The lowest BCUT2D eigenvalue weighted by Crippen LogP contribution is -2.22. The Balaban J connectivity index is 1.75. The highest BCUT2D eigenvalue weighted by Crippen LogP contribution is 2.24. The van der Waals surface area contributed by atoms with Crippen LogP contribution in [-0.2, 0) is 0 Å². The lowest BCUT2D eigenvalue weighted by molar-refractivity contribution is 0.256. The van der Waals surface area contributed by atoms with Gasteiger partial charge < -0.3 is 14.5 Å². The van der Waals surface area contributed by atoms with Crippen molar-refractivity contribution >= 4 is 11.0 Å². The summed E-state index contributed by atoms with van der Waals surface area (Å²) < 4.78 is 11.7. The Hall–Kier alpha value is -2.26.